The second-order valence-electron chi connectivity index (χ2n) is 6.35. The average Bonchev–Trinajstić information content (AvgIpc) is 2.29. The molecule has 4 amide bonds. The Bertz CT molecular complexity index is 463. The number of hydrogen-bond acceptors (Lipinski definition) is 4. The van der Waals surface area contributed by atoms with Crippen molar-refractivity contribution in [1.29, 1.82) is 0 Å². The van der Waals surface area contributed by atoms with E-state index in [0.29, 0.717) is 0 Å². The second-order valence-corrected chi connectivity index (χ2v) is 6.35. The molecule has 20 heavy (non-hydrogen) atoms. The molecule has 0 spiro atoms. The molecule has 1 aliphatic heterocycles. The van der Waals surface area contributed by atoms with Gasteiger partial charge in [-0.2, -0.15) is 0 Å². The molecule has 7 nitrogen and oxygen atoms in total. The highest BCUT2D eigenvalue weighted by molar-refractivity contribution is 6.06. The molecule has 112 valence electrons. The van der Waals surface area contributed by atoms with Crippen LogP contribution in [0.4, 0.5) is 0 Å². The van der Waals surface area contributed by atoms with Crippen LogP contribution in [0, 0.1) is 5.41 Å². The largest absolute Gasteiger partial charge is 0.347 e. The van der Waals surface area contributed by atoms with Crippen LogP contribution in [0.15, 0.2) is 0 Å². The van der Waals surface area contributed by atoms with Gasteiger partial charge in [-0.3, -0.25) is 24.5 Å². The van der Waals surface area contributed by atoms with Crippen LogP contribution >= 0.6 is 0 Å². The Labute approximate surface area is 118 Å². The molecule has 1 aliphatic rings. The van der Waals surface area contributed by atoms with E-state index in [1.807, 2.05) is 0 Å². The van der Waals surface area contributed by atoms with Crippen LogP contribution in [-0.2, 0) is 19.2 Å². The minimum absolute atomic E-state index is 0.192. The van der Waals surface area contributed by atoms with Crippen molar-refractivity contribution in [3.63, 3.8) is 0 Å². The number of carbonyl (C=O) groups excluding carboxylic acids is 4. The quantitative estimate of drug-likeness (QED) is 0.662. The maximum Gasteiger partial charge on any atom is 0.252 e. The average molecular weight is 283 g/mol. The van der Waals surface area contributed by atoms with Crippen molar-refractivity contribution < 1.29 is 19.2 Å². The summed E-state index contributed by atoms with van der Waals surface area (Å²) in [4.78, 5) is 48.1. The Balaban J connectivity index is 2.73. The zero-order valence-electron chi connectivity index (χ0n) is 12.5. The van der Waals surface area contributed by atoms with Crippen LogP contribution in [0.25, 0.3) is 0 Å². The minimum atomic E-state index is -1.11. The van der Waals surface area contributed by atoms with Crippen molar-refractivity contribution in [3.8, 4) is 0 Å². The molecule has 1 rings (SSSR count). The number of amides is 4. The standard InChI is InChI=1S/C13H21N3O4/c1-12(2,3)10(19)14-6-9(18)16-7-8(17)15-11(20)13(16,4)5/h6-7H2,1-5H3,(H,14,19)(H,15,17,20). The lowest BCUT2D eigenvalue weighted by atomic mass is 9.95. The van der Waals surface area contributed by atoms with Crippen molar-refractivity contribution in [2.75, 3.05) is 13.1 Å². The first-order chi connectivity index (χ1) is 8.96. The van der Waals surface area contributed by atoms with Gasteiger partial charge < -0.3 is 10.2 Å². The van der Waals surface area contributed by atoms with Crippen molar-refractivity contribution in [1.82, 2.24) is 15.5 Å². The normalized spacial score (nSPS) is 18.6. The van der Waals surface area contributed by atoms with Crippen LogP contribution in [0.3, 0.4) is 0 Å². The van der Waals surface area contributed by atoms with Crippen molar-refractivity contribution >= 4 is 23.6 Å². The van der Waals surface area contributed by atoms with E-state index in [1.165, 1.54) is 4.90 Å². The number of hydrogen-bond donors (Lipinski definition) is 2. The summed E-state index contributed by atoms with van der Waals surface area (Å²) in [6, 6.07) is 0. The van der Waals surface area contributed by atoms with E-state index in [2.05, 4.69) is 10.6 Å². The summed E-state index contributed by atoms with van der Waals surface area (Å²) in [6.07, 6.45) is 0. The second kappa shape index (κ2) is 5.22. The van der Waals surface area contributed by atoms with Crippen LogP contribution in [0.2, 0.25) is 0 Å². The van der Waals surface area contributed by atoms with Crippen LogP contribution in [0.1, 0.15) is 34.6 Å². The highest BCUT2D eigenvalue weighted by Crippen LogP contribution is 2.18. The Kier molecular flexibility index (Phi) is 4.21. The lowest BCUT2D eigenvalue weighted by molar-refractivity contribution is -0.155. The summed E-state index contributed by atoms with van der Waals surface area (Å²) in [6.45, 7) is 7.87. The molecule has 2 N–H and O–H groups in total. The first-order valence-corrected chi connectivity index (χ1v) is 6.39. The van der Waals surface area contributed by atoms with Gasteiger partial charge in [-0.25, -0.2) is 0 Å². The maximum absolute atomic E-state index is 12.1. The first kappa shape index (κ1) is 16.1. The maximum atomic E-state index is 12.1. The summed E-state index contributed by atoms with van der Waals surface area (Å²) in [5, 5.41) is 4.70. The van der Waals surface area contributed by atoms with Gasteiger partial charge in [0.15, 0.2) is 0 Å². The van der Waals surface area contributed by atoms with Gasteiger partial charge in [-0.15, -0.1) is 0 Å². The Hall–Kier alpha value is -1.92. The smallest absolute Gasteiger partial charge is 0.252 e. The Morgan fingerprint density at radius 3 is 2.35 bits per heavy atom. The summed E-state index contributed by atoms with van der Waals surface area (Å²) in [7, 11) is 0. The zero-order valence-corrected chi connectivity index (χ0v) is 12.5. The van der Waals surface area contributed by atoms with E-state index in [1.54, 1.807) is 34.6 Å². The fraction of sp³-hybridized carbons (Fsp3) is 0.692. The highest BCUT2D eigenvalue weighted by Gasteiger charge is 2.43. The monoisotopic (exact) mass is 283 g/mol. The summed E-state index contributed by atoms with van der Waals surface area (Å²) < 4.78 is 0. The number of piperazine rings is 1. The molecule has 0 aromatic rings. The molecule has 1 heterocycles. The third kappa shape index (κ3) is 3.34. The van der Waals surface area contributed by atoms with Crippen molar-refractivity contribution in [2.24, 2.45) is 5.41 Å². The molecule has 0 bridgehead atoms. The Morgan fingerprint density at radius 2 is 1.85 bits per heavy atom. The van der Waals surface area contributed by atoms with E-state index in [9.17, 15) is 19.2 Å². The minimum Gasteiger partial charge on any atom is -0.347 e. The van der Waals surface area contributed by atoms with Gasteiger partial charge in [-0.1, -0.05) is 20.8 Å². The van der Waals surface area contributed by atoms with Gasteiger partial charge in [0.1, 0.15) is 12.1 Å². The molecule has 0 radical (unpaired) electrons. The van der Waals surface area contributed by atoms with E-state index in [0.717, 1.165) is 0 Å². The third-order valence-corrected chi connectivity index (χ3v) is 3.17. The van der Waals surface area contributed by atoms with Crippen molar-refractivity contribution in [2.45, 2.75) is 40.2 Å². The molecule has 0 unspecified atom stereocenters. The van der Waals surface area contributed by atoms with E-state index in [-0.39, 0.29) is 19.0 Å². The molecule has 1 saturated heterocycles. The SMILES string of the molecule is CC(C)(C)C(=O)NCC(=O)N1CC(=O)NC(=O)C1(C)C. The van der Waals surface area contributed by atoms with Gasteiger partial charge >= 0.3 is 0 Å². The van der Waals surface area contributed by atoms with E-state index >= 15 is 0 Å². The fourth-order valence-corrected chi connectivity index (χ4v) is 1.70. The zero-order chi connectivity index (χ0) is 15.7. The van der Waals surface area contributed by atoms with Gasteiger partial charge in [0, 0.05) is 5.41 Å². The number of rotatable bonds is 2. The summed E-state index contributed by atoms with van der Waals surface area (Å²) in [5.41, 5.74) is -1.72. The predicted octanol–water partition coefficient (Wildman–Crippen LogP) is -0.588. The van der Waals surface area contributed by atoms with Crippen LogP contribution < -0.4 is 10.6 Å². The van der Waals surface area contributed by atoms with Gasteiger partial charge in [0.05, 0.1) is 6.54 Å². The molecule has 1 fully saturated rings. The fourth-order valence-electron chi connectivity index (χ4n) is 1.70. The molecule has 0 atom stereocenters. The van der Waals surface area contributed by atoms with E-state index in [4.69, 9.17) is 0 Å². The number of carbonyl (C=O) groups is 4. The van der Waals surface area contributed by atoms with E-state index < -0.39 is 28.7 Å². The predicted molar refractivity (Wildman–Crippen MR) is 71.4 cm³/mol. The topological polar surface area (TPSA) is 95.6 Å². The number of nitrogens with zero attached hydrogens (tertiary/aromatic N) is 1. The number of nitrogens with one attached hydrogen (secondary N) is 2. The number of imide groups is 1. The van der Waals surface area contributed by atoms with Crippen molar-refractivity contribution in [3.05, 3.63) is 0 Å². The lowest BCUT2D eigenvalue weighted by Gasteiger charge is -2.40. The van der Waals surface area contributed by atoms with Gasteiger partial charge in [0.2, 0.25) is 17.7 Å². The first-order valence-electron chi connectivity index (χ1n) is 6.39. The molecule has 0 aromatic heterocycles. The molecular weight excluding hydrogens is 262 g/mol. The summed E-state index contributed by atoms with van der Waals surface area (Å²) in [5.74, 6) is -1.78. The highest BCUT2D eigenvalue weighted by atomic mass is 16.2. The van der Waals surface area contributed by atoms with Crippen LogP contribution in [-0.4, -0.2) is 47.2 Å². The van der Waals surface area contributed by atoms with Gasteiger partial charge in [-0.05, 0) is 13.8 Å². The third-order valence-electron chi connectivity index (χ3n) is 3.17. The molecule has 0 saturated carbocycles. The van der Waals surface area contributed by atoms with Gasteiger partial charge in [0.25, 0.3) is 5.91 Å². The molecular formula is C13H21N3O4. The van der Waals surface area contributed by atoms with Crippen LogP contribution in [0.5, 0.6) is 0 Å². The molecule has 0 aromatic carbocycles. The lowest BCUT2D eigenvalue weighted by Crippen LogP contribution is -2.66. The molecule has 7 heteroatoms. The molecule has 0 aliphatic carbocycles. The Morgan fingerprint density at radius 1 is 1.30 bits per heavy atom. The summed E-state index contributed by atoms with van der Waals surface area (Å²) >= 11 is 0.